The van der Waals surface area contributed by atoms with Crippen LogP contribution in [0.5, 0.6) is 0 Å². The first-order valence-corrected chi connectivity index (χ1v) is 11.4. The minimum Gasteiger partial charge on any atom is -0.340 e. The van der Waals surface area contributed by atoms with Crippen LogP contribution in [0.4, 0.5) is 24.0 Å². The Hall–Kier alpha value is -2.18. The monoisotopic (exact) mass is 448 g/mol. The lowest BCUT2D eigenvalue weighted by Gasteiger charge is -2.33. The Kier molecular flexibility index (Phi) is 6.15. The van der Waals surface area contributed by atoms with E-state index in [9.17, 15) is 26.4 Å². The number of thiazole rings is 1. The molecule has 29 heavy (non-hydrogen) atoms. The van der Waals surface area contributed by atoms with Crippen LogP contribution in [-0.4, -0.2) is 60.9 Å². The second-order valence-electron chi connectivity index (χ2n) is 6.57. The van der Waals surface area contributed by atoms with E-state index in [1.807, 2.05) is 0 Å². The number of hydrogen-bond acceptors (Lipinski definition) is 6. The molecule has 2 aromatic rings. The second-order valence-corrected chi connectivity index (χ2v) is 9.41. The van der Waals surface area contributed by atoms with Gasteiger partial charge in [-0.15, -0.1) is 11.3 Å². The number of piperazine rings is 1. The van der Waals surface area contributed by atoms with E-state index in [0.717, 1.165) is 18.4 Å². The molecule has 1 aromatic heterocycles. The maximum absolute atomic E-state index is 12.8. The summed E-state index contributed by atoms with van der Waals surface area (Å²) >= 11 is 1.19. The quantitative estimate of drug-likeness (QED) is 0.760. The molecule has 1 fully saturated rings. The Bertz CT molecular complexity index is 984. The van der Waals surface area contributed by atoms with Crippen molar-refractivity contribution in [2.24, 2.45) is 0 Å². The number of halogens is 3. The number of anilines is 2. The summed E-state index contributed by atoms with van der Waals surface area (Å²) in [5.74, 6) is -0.172. The van der Waals surface area contributed by atoms with E-state index in [4.69, 9.17) is 0 Å². The van der Waals surface area contributed by atoms with Gasteiger partial charge in [0.1, 0.15) is 0 Å². The summed E-state index contributed by atoms with van der Waals surface area (Å²) in [4.78, 5) is 18.3. The van der Waals surface area contributed by atoms with E-state index in [1.54, 1.807) is 10.3 Å². The molecule has 0 atom stereocenters. The highest BCUT2D eigenvalue weighted by Gasteiger charge is 2.30. The van der Waals surface area contributed by atoms with E-state index in [1.165, 1.54) is 27.8 Å². The van der Waals surface area contributed by atoms with Crippen molar-refractivity contribution in [2.45, 2.75) is 12.6 Å². The molecule has 7 nitrogen and oxygen atoms in total. The standard InChI is InChI=1S/C17H19F3N4O3S2/c1-29(26,27)24-7-5-23(6-8-24)15(25)10-14-11-28-16(22-14)21-13-4-2-3-12(9-13)17(18,19)20/h2-4,9,11H,5-8,10H2,1H3,(H,21,22). The fourth-order valence-corrected chi connectivity index (χ4v) is 4.44. The van der Waals surface area contributed by atoms with Crippen LogP contribution in [0.1, 0.15) is 11.3 Å². The maximum Gasteiger partial charge on any atom is 0.416 e. The summed E-state index contributed by atoms with van der Waals surface area (Å²) < 4.78 is 62.8. The zero-order valence-electron chi connectivity index (χ0n) is 15.4. The first-order valence-electron chi connectivity index (χ1n) is 8.64. The number of amides is 1. The minimum atomic E-state index is -4.43. The molecule has 1 saturated heterocycles. The average molecular weight is 448 g/mol. The Morgan fingerprint density at radius 3 is 2.55 bits per heavy atom. The van der Waals surface area contributed by atoms with Gasteiger partial charge in [-0.3, -0.25) is 4.79 Å². The average Bonchev–Trinajstić information content (AvgIpc) is 3.07. The van der Waals surface area contributed by atoms with Gasteiger partial charge < -0.3 is 10.2 Å². The van der Waals surface area contributed by atoms with Gasteiger partial charge in [0.2, 0.25) is 15.9 Å². The minimum absolute atomic E-state index is 0.0413. The Labute approximate surface area is 170 Å². The molecule has 1 aromatic carbocycles. The summed E-state index contributed by atoms with van der Waals surface area (Å²) in [7, 11) is -3.27. The van der Waals surface area contributed by atoms with Gasteiger partial charge in [0.15, 0.2) is 5.13 Å². The van der Waals surface area contributed by atoms with Gasteiger partial charge in [-0.25, -0.2) is 13.4 Å². The number of benzene rings is 1. The predicted octanol–water partition coefficient (Wildman–Crippen LogP) is 2.55. The van der Waals surface area contributed by atoms with Crippen LogP contribution < -0.4 is 5.32 Å². The largest absolute Gasteiger partial charge is 0.416 e. The van der Waals surface area contributed by atoms with Crippen LogP contribution in [0.3, 0.4) is 0 Å². The van der Waals surface area contributed by atoms with E-state index in [-0.39, 0.29) is 31.1 Å². The third-order valence-electron chi connectivity index (χ3n) is 4.39. The Morgan fingerprint density at radius 1 is 1.24 bits per heavy atom. The van der Waals surface area contributed by atoms with Gasteiger partial charge in [0.05, 0.1) is 23.9 Å². The van der Waals surface area contributed by atoms with Crippen LogP contribution in [0.15, 0.2) is 29.6 Å². The molecule has 1 N–H and O–H groups in total. The van der Waals surface area contributed by atoms with Gasteiger partial charge >= 0.3 is 6.18 Å². The first kappa shape index (κ1) is 21.5. The highest BCUT2D eigenvalue weighted by molar-refractivity contribution is 7.88. The van der Waals surface area contributed by atoms with Gasteiger partial charge in [-0.2, -0.15) is 17.5 Å². The molecule has 12 heteroatoms. The first-order chi connectivity index (χ1) is 13.5. The molecule has 0 radical (unpaired) electrons. The van der Waals surface area contributed by atoms with Gasteiger partial charge in [-0.1, -0.05) is 6.07 Å². The zero-order valence-corrected chi connectivity index (χ0v) is 17.1. The number of sulfonamides is 1. The highest BCUT2D eigenvalue weighted by atomic mass is 32.2. The number of nitrogens with one attached hydrogen (secondary N) is 1. The van der Waals surface area contributed by atoms with Crippen LogP contribution in [0.25, 0.3) is 0 Å². The molecule has 158 valence electrons. The third-order valence-corrected chi connectivity index (χ3v) is 6.50. The maximum atomic E-state index is 12.8. The van der Waals surface area contributed by atoms with Crippen molar-refractivity contribution in [2.75, 3.05) is 37.8 Å². The number of carbonyl (C=O) groups is 1. The molecule has 0 bridgehead atoms. The summed E-state index contributed by atoms with van der Waals surface area (Å²) in [5, 5.41) is 4.87. The van der Waals surface area contributed by atoms with Crippen LogP contribution >= 0.6 is 11.3 Å². The van der Waals surface area contributed by atoms with Crippen LogP contribution in [-0.2, 0) is 27.4 Å². The Morgan fingerprint density at radius 2 is 1.93 bits per heavy atom. The molecule has 1 amide bonds. The molecule has 1 aliphatic rings. The number of hydrogen-bond donors (Lipinski definition) is 1. The molecular weight excluding hydrogens is 429 g/mol. The van der Waals surface area contributed by atoms with Crippen molar-refractivity contribution in [3.05, 3.63) is 40.9 Å². The molecule has 0 spiro atoms. The van der Waals surface area contributed by atoms with Crippen molar-refractivity contribution in [3.8, 4) is 0 Å². The van der Waals surface area contributed by atoms with Crippen molar-refractivity contribution in [3.63, 3.8) is 0 Å². The SMILES string of the molecule is CS(=O)(=O)N1CCN(C(=O)Cc2csc(Nc3cccc(C(F)(F)F)c3)n2)CC1. The predicted molar refractivity (Wildman–Crippen MR) is 104 cm³/mol. The summed E-state index contributed by atoms with van der Waals surface area (Å²) in [6.45, 7) is 1.13. The van der Waals surface area contributed by atoms with E-state index in [2.05, 4.69) is 10.3 Å². The summed E-state index contributed by atoms with van der Waals surface area (Å²) in [6.07, 6.45) is -3.25. The number of carbonyl (C=O) groups excluding carboxylic acids is 1. The molecular formula is C17H19F3N4O3S2. The lowest BCUT2D eigenvalue weighted by Crippen LogP contribution is -2.50. The molecule has 3 rings (SSSR count). The molecule has 0 saturated carbocycles. The topological polar surface area (TPSA) is 82.6 Å². The Balaban J connectivity index is 1.58. The van der Waals surface area contributed by atoms with Gasteiger partial charge in [0.25, 0.3) is 0 Å². The van der Waals surface area contributed by atoms with Crippen LogP contribution in [0.2, 0.25) is 0 Å². The summed E-state index contributed by atoms with van der Waals surface area (Å²) in [6, 6.07) is 4.79. The second kappa shape index (κ2) is 8.28. The van der Waals surface area contributed by atoms with E-state index in [0.29, 0.717) is 23.9 Å². The van der Waals surface area contributed by atoms with E-state index < -0.39 is 21.8 Å². The lowest BCUT2D eigenvalue weighted by atomic mass is 10.2. The lowest BCUT2D eigenvalue weighted by molar-refractivity contribution is -0.137. The van der Waals surface area contributed by atoms with Crippen molar-refractivity contribution in [1.29, 1.82) is 0 Å². The molecule has 0 unspecified atom stereocenters. The van der Waals surface area contributed by atoms with Gasteiger partial charge in [-0.05, 0) is 18.2 Å². The van der Waals surface area contributed by atoms with Crippen molar-refractivity contribution < 1.29 is 26.4 Å². The number of rotatable bonds is 5. The van der Waals surface area contributed by atoms with Crippen LogP contribution in [0, 0.1) is 0 Å². The van der Waals surface area contributed by atoms with E-state index >= 15 is 0 Å². The molecule has 1 aliphatic heterocycles. The molecule has 0 aliphatic carbocycles. The van der Waals surface area contributed by atoms with Gasteiger partial charge in [0, 0.05) is 37.2 Å². The highest BCUT2D eigenvalue weighted by Crippen LogP contribution is 2.31. The summed E-state index contributed by atoms with van der Waals surface area (Å²) in [5.41, 5.74) is -0.00772. The number of aromatic nitrogens is 1. The number of nitrogens with zero attached hydrogens (tertiary/aromatic N) is 3. The smallest absolute Gasteiger partial charge is 0.340 e. The number of alkyl halides is 3. The fourth-order valence-electron chi connectivity index (χ4n) is 2.88. The van der Waals surface area contributed by atoms with Crippen molar-refractivity contribution in [1.82, 2.24) is 14.2 Å². The zero-order chi connectivity index (χ0) is 21.2. The fraction of sp³-hybridized carbons (Fsp3) is 0.412. The third kappa shape index (κ3) is 5.67. The van der Waals surface area contributed by atoms with Crippen molar-refractivity contribution >= 4 is 38.1 Å². The molecule has 2 heterocycles. The normalized spacial score (nSPS) is 16.1.